The van der Waals surface area contributed by atoms with Crippen LogP contribution in [0.15, 0.2) is 18.3 Å². The SMILES string of the molecule is Nc1ccc(C(=O)N2CCCN(C(=O)C3CC34CCCC4)CC2)cn1. The Morgan fingerprint density at radius 1 is 1.04 bits per heavy atom. The van der Waals surface area contributed by atoms with Crippen molar-refractivity contribution in [3.05, 3.63) is 23.9 Å². The second-order valence-electron chi connectivity index (χ2n) is 7.77. The zero-order chi connectivity index (χ0) is 17.4. The van der Waals surface area contributed by atoms with Crippen LogP contribution >= 0.6 is 0 Å². The molecule has 1 spiro atoms. The van der Waals surface area contributed by atoms with Crippen LogP contribution in [0.2, 0.25) is 0 Å². The van der Waals surface area contributed by atoms with Crippen molar-refractivity contribution < 1.29 is 9.59 Å². The summed E-state index contributed by atoms with van der Waals surface area (Å²) in [6.07, 6.45) is 8.46. The first-order chi connectivity index (χ1) is 12.1. The van der Waals surface area contributed by atoms with E-state index in [0.29, 0.717) is 42.3 Å². The van der Waals surface area contributed by atoms with Crippen LogP contribution in [0.5, 0.6) is 0 Å². The van der Waals surface area contributed by atoms with Gasteiger partial charge in [-0.25, -0.2) is 4.98 Å². The average molecular weight is 342 g/mol. The van der Waals surface area contributed by atoms with Gasteiger partial charge in [-0.2, -0.15) is 0 Å². The highest BCUT2D eigenvalue weighted by atomic mass is 16.2. The summed E-state index contributed by atoms with van der Waals surface area (Å²) in [5, 5.41) is 0. The zero-order valence-electron chi connectivity index (χ0n) is 14.6. The lowest BCUT2D eigenvalue weighted by Gasteiger charge is -2.23. The lowest BCUT2D eigenvalue weighted by Crippen LogP contribution is -2.38. The van der Waals surface area contributed by atoms with Crippen LogP contribution in [0.3, 0.4) is 0 Å². The summed E-state index contributed by atoms with van der Waals surface area (Å²) >= 11 is 0. The number of carbonyl (C=O) groups is 2. The maximum absolute atomic E-state index is 12.9. The fourth-order valence-electron chi connectivity index (χ4n) is 4.60. The molecular formula is C19H26N4O2. The molecule has 6 heteroatoms. The molecule has 1 atom stereocenters. The highest BCUT2D eigenvalue weighted by Crippen LogP contribution is 2.63. The third kappa shape index (κ3) is 3.10. The largest absolute Gasteiger partial charge is 0.384 e. The quantitative estimate of drug-likeness (QED) is 0.890. The fourth-order valence-corrected chi connectivity index (χ4v) is 4.60. The van der Waals surface area contributed by atoms with E-state index in [4.69, 9.17) is 5.73 Å². The van der Waals surface area contributed by atoms with Gasteiger partial charge in [0.1, 0.15) is 5.82 Å². The Balaban J connectivity index is 1.36. The van der Waals surface area contributed by atoms with Crippen molar-refractivity contribution in [1.29, 1.82) is 0 Å². The highest BCUT2D eigenvalue weighted by molar-refractivity contribution is 5.94. The molecule has 4 rings (SSSR count). The molecule has 2 N–H and O–H groups in total. The summed E-state index contributed by atoms with van der Waals surface area (Å²) < 4.78 is 0. The van der Waals surface area contributed by atoms with E-state index in [1.807, 2.05) is 9.80 Å². The summed E-state index contributed by atoms with van der Waals surface area (Å²) in [6.45, 7) is 2.67. The van der Waals surface area contributed by atoms with E-state index in [2.05, 4.69) is 4.98 Å². The first kappa shape index (κ1) is 16.4. The Morgan fingerprint density at radius 2 is 1.76 bits per heavy atom. The van der Waals surface area contributed by atoms with Crippen molar-refractivity contribution >= 4 is 17.6 Å². The average Bonchev–Trinajstić information content (AvgIpc) is 3.22. The van der Waals surface area contributed by atoms with Gasteiger partial charge >= 0.3 is 0 Å². The molecular weight excluding hydrogens is 316 g/mol. The molecule has 2 amide bonds. The van der Waals surface area contributed by atoms with Gasteiger partial charge in [0.25, 0.3) is 5.91 Å². The number of aromatic nitrogens is 1. The maximum Gasteiger partial charge on any atom is 0.255 e. The van der Waals surface area contributed by atoms with Crippen LogP contribution in [-0.4, -0.2) is 52.8 Å². The van der Waals surface area contributed by atoms with Crippen LogP contribution in [0, 0.1) is 11.3 Å². The lowest BCUT2D eigenvalue weighted by molar-refractivity contribution is -0.133. The minimum atomic E-state index is -0.0273. The topological polar surface area (TPSA) is 79.5 Å². The van der Waals surface area contributed by atoms with Gasteiger partial charge in [-0.1, -0.05) is 12.8 Å². The van der Waals surface area contributed by atoms with Crippen molar-refractivity contribution in [3.63, 3.8) is 0 Å². The van der Waals surface area contributed by atoms with Crippen molar-refractivity contribution in [1.82, 2.24) is 14.8 Å². The van der Waals surface area contributed by atoms with Crippen LogP contribution in [0.4, 0.5) is 5.82 Å². The smallest absolute Gasteiger partial charge is 0.255 e. The Labute approximate surface area is 148 Å². The van der Waals surface area contributed by atoms with E-state index in [0.717, 1.165) is 19.4 Å². The Bertz CT molecular complexity index is 667. The predicted octanol–water partition coefficient (Wildman–Crippen LogP) is 1.92. The van der Waals surface area contributed by atoms with Crippen molar-refractivity contribution in [3.8, 4) is 0 Å². The number of anilines is 1. The number of rotatable bonds is 2. The van der Waals surface area contributed by atoms with Gasteiger partial charge in [0.15, 0.2) is 0 Å². The molecule has 1 unspecified atom stereocenters. The van der Waals surface area contributed by atoms with E-state index in [1.165, 1.54) is 31.9 Å². The molecule has 1 aromatic heterocycles. The molecule has 1 aromatic rings. The van der Waals surface area contributed by atoms with E-state index >= 15 is 0 Å². The van der Waals surface area contributed by atoms with Crippen LogP contribution in [0.25, 0.3) is 0 Å². The number of nitrogens with zero attached hydrogens (tertiary/aromatic N) is 3. The van der Waals surface area contributed by atoms with E-state index < -0.39 is 0 Å². The summed E-state index contributed by atoms with van der Waals surface area (Å²) in [5.41, 5.74) is 6.48. The third-order valence-electron chi connectivity index (χ3n) is 6.22. The highest BCUT2D eigenvalue weighted by Gasteiger charge is 2.59. The van der Waals surface area contributed by atoms with Gasteiger partial charge in [-0.3, -0.25) is 9.59 Å². The Hall–Kier alpha value is -2.11. The minimum absolute atomic E-state index is 0.0273. The predicted molar refractivity (Wildman–Crippen MR) is 94.8 cm³/mol. The Morgan fingerprint density at radius 3 is 2.48 bits per heavy atom. The second kappa shape index (κ2) is 6.32. The second-order valence-corrected chi connectivity index (χ2v) is 7.77. The third-order valence-corrected chi connectivity index (χ3v) is 6.22. The number of nitrogen functional groups attached to an aromatic ring is 1. The molecule has 2 heterocycles. The number of carbonyl (C=O) groups excluding carboxylic acids is 2. The van der Waals surface area contributed by atoms with Gasteiger partial charge in [0.05, 0.1) is 5.56 Å². The van der Waals surface area contributed by atoms with Crippen molar-refractivity contribution in [2.75, 3.05) is 31.9 Å². The lowest BCUT2D eigenvalue weighted by atomic mass is 10.0. The van der Waals surface area contributed by atoms with Gasteiger partial charge in [0, 0.05) is 38.3 Å². The van der Waals surface area contributed by atoms with Gasteiger partial charge in [0.2, 0.25) is 5.91 Å². The van der Waals surface area contributed by atoms with Crippen molar-refractivity contribution in [2.24, 2.45) is 11.3 Å². The Kier molecular flexibility index (Phi) is 4.13. The minimum Gasteiger partial charge on any atom is -0.384 e. The first-order valence-corrected chi connectivity index (χ1v) is 9.39. The van der Waals surface area contributed by atoms with E-state index in [9.17, 15) is 9.59 Å². The number of hydrogen-bond acceptors (Lipinski definition) is 4. The molecule has 25 heavy (non-hydrogen) atoms. The van der Waals surface area contributed by atoms with Gasteiger partial charge < -0.3 is 15.5 Å². The van der Waals surface area contributed by atoms with Gasteiger partial charge in [-0.05, 0) is 43.2 Å². The normalized spacial score (nSPS) is 25.0. The van der Waals surface area contributed by atoms with E-state index in [-0.39, 0.29) is 11.8 Å². The molecule has 1 saturated heterocycles. The standard InChI is InChI=1S/C19H26N4O2/c20-16-5-4-14(13-21-16)17(24)22-8-3-9-23(11-10-22)18(25)15-12-19(15)6-1-2-7-19/h4-5,13,15H,1-3,6-12H2,(H2,20,21). The molecule has 0 bridgehead atoms. The number of nitrogens with two attached hydrogens (primary N) is 1. The molecule has 0 aromatic carbocycles. The molecule has 6 nitrogen and oxygen atoms in total. The zero-order valence-corrected chi connectivity index (χ0v) is 14.6. The van der Waals surface area contributed by atoms with Crippen LogP contribution < -0.4 is 5.73 Å². The number of amides is 2. The molecule has 3 fully saturated rings. The van der Waals surface area contributed by atoms with Crippen molar-refractivity contribution in [2.45, 2.75) is 38.5 Å². The number of hydrogen-bond donors (Lipinski definition) is 1. The van der Waals surface area contributed by atoms with Gasteiger partial charge in [-0.15, -0.1) is 0 Å². The summed E-state index contributed by atoms with van der Waals surface area (Å²) in [7, 11) is 0. The van der Waals surface area contributed by atoms with E-state index in [1.54, 1.807) is 12.1 Å². The molecule has 2 saturated carbocycles. The molecule has 0 radical (unpaired) electrons. The number of pyridine rings is 1. The van der Waals surface area contributed by atoms with Crippen LogP contribution in [0.1, 0.15) is 48.9 Å². The molecule has 3 aliphatic rings. The summed E-state index contributed by atoms with van der Waals surface area (Å²) in [6, 6.07) is 3.36. The summed E-state index contributed by atoms with van der Waals surface area (Å²) in [4.78, 5) is 33.3. The fraction of sp³-hybridized carbons (Fsp3) is 0.632. The molecule has 2 aliphatic carbocycles. The maximum atomic E-state index is 12.9. The van der Waals surface area contributed by atoms with Crippen LogP contribution in [-0.2, 0) is 4.79 Å². The monoisotopic (exact) mass is 342 g/mol. The summed E-state index contributed by atoms with van der Waals surface area (Å²) in [5.74, 6) is 0.957. The molecule has 134 valence electrons. The molecule has 1 aliphatic heterocycles. The first-order valence-electron chi connectivity index (χ1n) is 9.39.